The number of amides is 1. The Bertz CT molecular complexity index is 654. The van der Waals surface area contributed by atoms with E-state index in [1.165, 1.54) is 19.1 Å². The van der Waals surface area contributed by atoms with Gasteiger partial charge in [0.05, 0.1) is 16.3 Å². The molecule has 0 radical (unpaired) electrons. The van der Waals surface area contributed by atoms with E-state index in [1.54, 1.807) is 24.3 Å². The van der Waals surface area contributed by atoms with E-state index in [0.29, 0.717) is 9.75 Å². The number of para-hydroxylation sites is 1. The van der Waals surface area contributed by atoms with Crippen molar-refractivity contribution in [1.82, 2.24) is 5.32 Å². The van der Waals surface area contributed by atoms with Crippen molar-refractivity contribution in [3.8, 4) is 5.75 Å². The summed E-state index contributed by atoms with van der Waals surface area (Å²) in [5.41, 5.74) is 0. The maximum Gasteiger partial charge on any atom is 0.261 e. The zero-order chi connectivity index (χ0) is 15.2. The lowest BCUT2D eigenvalue weighted by molar-refractivity contribution is 0.0950. The molecule has 1 heterocycles. The molecule has 4 nitrogen and oxygen atoms in total. The molecule has 0 fully saturated rings. The SMILES string of the molecule is CC(=O)c1ccc(C(=O)NCCOc2ccccc2F)s1. The molecule has 2 rings (SSSR count). The van der Waals surface area contributed by atoms with Gasteiger partial charge in [0.25, 0.3) is 5.91 Å². The molecule has 2 aromatic rings. The molecule has 1 aromatic carbocycles. The zero-order valence-electron chi connectivity index (χ0n) is 11.4. The lowest BCUT2D eigenvalue weighted by Crippen LogP contribution is -2.27. The first kappa shape index (κ1) is 15.2. The Morgan fingerprint density at radius 3 is 2.57 bits per heavy atom. The molecule has 1 amide bonds. The molecule has 0 saturated carbocycles. The Labute approximate surface area is 125 Å². The second-order valence-electron chi connectivity index (χ2n) is 4.25. The Morgan fingerprint density at radius 2 is 1.90 bits per heavy atom. The van der Waals surface area contributed by atoms with Gasteiger partial charge in [-0.2, -0.15) is 0 Å². The molecule has 0 atom stereocenters. The van der Waals surface area contributed by atoms with Crippen molar-refractivity contribution in [3.05, 3.63) is 52.0 Å². The summed E-state index contributed by atoms with van der Waals surface area (Å²) < 4.78 is 18.5. The summed E-state index contributed by atoms with van der Waals surface area (Å²) in [6, 6.07) is 9.31. The molecular formula is C15H14FNO3S. The van der Waals surface area contributed by atoms with E-state index < -0.39 is 5.82 Å². The molecule has 0 spiro atoms. The van der Waals surface area contributed by atoms with E-state index >= 15 is 0 Å². The number of nitrogens with one attached hydrogen (secondary N) is 1. The minimum Gasteiger partial charge on any atom is -0.489 e. The van der Waals surface area contributed by atoms with Crippen molar-refractivity contribution in [2.75, 3.05) is 13.2 Å². The van der Waals surface area contributed by atoms with Gasteiger partial charge in [0.1, 0.15) is 6.61 Å². The first-order valence-corrected chi connectivity index (χ1v) is 7.16. The third kappa shape index (κ3) is 4.13. The Balaban J connectivity index is 1.79. The monoisotopic (exact) mass is 307 g/mol. The minimum atomic E-state index is -0.437. The molecule has 0 aliphatic carbocycles. The molecule has 0 bridgehead atoms. The molecule has 0 saturated heterocycles. The van der Waals surface area contributed by atoms with Crippen molar-refractivity contribution >= 4 is 23.0 Å². The van der Waals surface area contributed by atoms with Gasteiger partial charge in [-0.05, 0) is 31.2 Å². The average Bonchev–Trinajstić information content (AvgIpc) is 2.95. The van der Waals surface area contributed by atoms with Crippen LogP contribution < -0.4 is 10.1 Å². The number of benzene rings is 1. The van der Waals surface area contributed by atoms with Gasteiger partial charge < -0.3 is 10.1 Å². The van der Waals surface area contributed by atoms with Crippen molar-refractivity contribution in [2.45, 2.75) is 6.92 Å². The Kier molecular flexibility index (Phi) is 5.05. The highest BCUT2D eigenvalue weighted by Crippen LogP contribution is 2.17. The van der Waals surface area contributed by atoms with Gasteiger partial charge >= 0.3 is 0 Å². The van der Waals surface area contributed by atoms with E-state index in [-0.39, 0.29) is 30.6 Å². The highest BCUT2D eigenvalue weighted by molar-refractivity contribution is 7.15. The van der Waals surface area contributed by atoms with E-state index in [9.17, 15) is 14.0 Å². The fourth-order valence-corrected chi connectivity index (χ4v) is 2.44. The standard InChI is InChI=1S/C15H14FNO3S/c1-10(18)13-6-7-14(21-13)15(19)17-8-9-20-12-5-3-2-4-11(12)16/h2-7H,8-9H2,1H3,(H,17,19). The molecule has 110 valence electrons. The van der Waals surface area contributed by atoms with Gasteiger partial charge in [-0.15, -0.1) is 11.3 Å². The summed E-state index contributed by atoms with van der Waals surface area (Å²) >= 11 is 1.14. The van der Waals surface area contributed by atoms with Crippen LogP contribution in [0, 0.1) is 5.82 Å². The van der Waals surface area contributed by atoms with Gasteiger partial charge in [-0.1, -0.05) is 12.1 Å². The number of ketones is 1. The van der Waals surface area contributed by atoms with Crippen molar-refractivity contribution in [1.29, 1.82) is 0 Å². The van der Waals surface area contributed by atoms with Crippen molar-refractivity contribution in [2.24, 2.45) is 0 Å². The Morgan fingerprint density at radius 1 is 1.19 bits per heavy atom. The summed E-state index contributed by atoms with van der Waals surface area (Å²) in [5, 5.41) is 2.65. The fraction of sp³-hybridized carbons (Fsp3) is 0.200. The van der Waals surface area contributed by atoms with Gasteiger partial charge in [0.2, 0.25) is 0 Å². The first-order chi connectivity index (χ1) is 10.1. The van der Waals surface area contributed by atoms with E-state index in [4.69, 9.17) is 4.74 Å². The van der Waals surface area contributed by atoms with Gasteiger partial charge in [-0.3, -0.25) is 9.59 Å². The van der Waals surface area contributed by atoms with Crippen LogP contribution in [0.2, 0.25) is 0 Å². The quantitative estimate of drug-likeness (QED) is 0.659. The third-order valence-electron chi connectivity index (χ3n) is 2.66. The minimum absolute atomic E-state index is 0.0677. The summed E-state index contributed by atoms with van der Waals surface area (Å²) in [7, 11) is 0. The molecule has 6 heteroatoms. The smallest absolute Gasteiger partial charge is 0.261 e. The normalized spacial score (nSPS) is 10.2. The van der Waals surface area contributed by atoms with Crippen LogP contribution in [0.3, 0.4) is 0 Å². The maximum atomic E-state index is 13.3. The number of thiophene rings is 1. The number of carbonyl (C=O) groups is 2. The van der Waals surface area contributed by atoms with Crippen LogP contribution in [0.4, 0.5) is 4.39 Å². The molecule has 1 N–H and O–H groups in total. The summed E-state index contributed by atoms with van der Waals surface area (Å²) in [6.07, 6.45) is 0. The molecular weight excluding hydrogens is 293 g/mol. The lowest BCUT2D eigenvalue weighted by Gasteiger charge is -2.07. The average molecular weight is 307 g/mol. The molecule has 1 aromatic heterocycles. The predicted octanol–water partition coefficient (Wildman–Crippen LogP) is 2.90. The highest BCUT2D eigenvalue weighted by atomic mass is 32.1. The second kappa shape index (κ2) is 6.99. The topological polar surface area (TPSA) is 55.4 Å². The highest BCUT2D eigenvalue weighted by Gasteiger charge is 2.11. The van der Waals surface area contributed by atoms with Crippen LogP contribution in [-0.4, -0.2) is 24.8 Å². The number of rotatable bonds is 6. The summed E-state index contributed by atoms with van der Waals surface area (Å²) in [6.45, 7) is 1.87. The van der Waals surface area contributed by atoms with Gasteiger partial charge in [-0.25, -0.2) is 4.39 Å². The number of halogens is 1. The second-order valence-corrected chi connectivity index (χ2v) is 5.34. The van der Waals surface area contributed by atoms with Crippen molar-refractivity contribution < 1.29 is 18.7 Å². The van der Waals surface area contributed by atoms with Gasteiger partial charge in [0, 0.05) is 0 Å². The maximum absolute atomic E-state index is 13.3. The van der Waals surface area contributed by atoms with Crippen LogP contribution in [-0.2, 0) is 0 Å². The molecule has 0 aliphatic rings. The van der Waals surface area contributed by atoms with Crippen LogP contribution in [0.5, 0.6) is 5.75 Å². The van der Waals surface area contributed by atoms with Crippen molar-refractivity contribution in [3.63, 3.8) is 0 Å². The molecule has 0 unspecified atom stereocenters. The number of Topliss-reactive ketones (excluding diaryl/α,β-unsaturated/α-hetero) is 1. The zero-order valence-corrected chi connectivity index (χ0v) is 12.2. The van der Waals surface area contributed by atoms with E-state index in [0.717, 1.165) is 11.3 Å². The van der Waals surface area contributed by atoms with E-state index in [2.05, 4.69) is 5.32 Å². The first-order valence-electron chi connectivity index (χ1n) is 6.34. The molecule has 0 aliphatic heterocycles. The number of hydrogen-bond acceptors (Lipinski definition) is 4. The Hall–Kier alpha value is -2.21. The van der Waals surface area contributed by atoms with Crippen LogP contribution in [0.25, 0.3) is 0 Å². The number of hydrogen-bond donors (Lipinski definition) is 1. The van der Waals surface area contributed by atoms with E-state index in [1.807, 2.05) is 0 Å². The van der Waals surface area contributed by atoms with Crippen LogP contribution in [0.15, 0.2) is 36.4 Å². The lowest BCUT2D eigenvalue weighted by atomic mass is 10.3. The van der Waals surface area contributed by atoms with Crippen LogP contribution in [0.1, 0.15) is 26.3 Å². The largest absolute Gasteiger partial charge is 0.489 e. The number of carbonyl (C=O) groups excluding carboxylic acids is 2. The predicted molar refractivity (Wildman–Crippen MR) is 78.6 cm³/mol. The fourth-order valence-electron chi connectivity index (χ4n) is 1.62. The van der Waals surface area contributed by atoms with Gasteiger partial charge in [0.15, 0.2) is 17.3 Å². The summed E-state index contributed by atoms with van der Waals surface area (Å²) in [5.74, 6) is -0.624. The summed E-state index contributed by atoms with van der Waals surface area (Å²) in [4.78, 5) is 24.0. The molecule has 21 heavy (non-hydrogen) atoms. The van der Waals surface area contributed by atoms with Crippen LogP contribution >= 0.6 is 11.3 Å². The third-order valence-corrected chi connectivity index (χ3v) is 3.84. The number of ether oxygens (including phenoxy) is 1.